The predicted octanol–water partition coefficient (Wildman–Crippen LogP) is 3.43. The van der Waals surface area contributed by atoms with Crippen molar-refractivity contribution in [3.05, 3.63) is 138 Å². The van der Waals surface area contributed by atoms with E-state index in [1.165, 1.54) is 0 Å². The van der Waals surface area contributed by atoms with Gasteiger partial charge in [-0.2, -0.15) is 0 Å². The molecule has 7 heteroatoms. The molecule has 0 aliphatic rings. The summed E-state index contributed by atoms with van der Waals surface area (Å²) in [6.45, 7) is 1.93. The summed E-state index contributed by atoms with van der Waals surface area (Å²) in [5.41, 5.74) is 4.16. The minimum atomic E-state index is -3.95. The standard InChI is InChI=1S/C28H28BClNO2S.Na/c1-24-17-19-28(20-18-24)34(32,33)31(30)29(21-25-11-5-2-6-12-25,22-26-13-7-3-8-14-26)23-27-15-9-4-10-16-27;/h2-20H,21-23H2,1H3;/q-1;+1. The number of hydrogen-bond donors (Lipinski definition) is 0. The summed E-state index contributed by atoms with van der Waals surface area (Å²) in [5.74, 6) is 0. The molecule has 0 fully saturated rings. The molecule has 0 N–H and O–H groups in total. The Kier molecular flexibility index (Phi) is 9.82. The molecule has 4 rings (SSSR count). The molecular formula is C28H28BClNNaO2S. The van der Waals surface area contributed by atoms with Gasteiger partial charge in [0.15, 0.2) is 0 Å². The van der Waals surface area contributed by atoms with Gasteiger partial charge in [0, 0.05) is 0 Å². The van der Waals surface area contributed by atoms with Gasteiger partial charge in [-0.3, -0.25) is 3.74 Å². The zero-order chi connectivity index (χ0) is 24.0. The van der Waals surface area contributed by atoms with E-state index in [0.717, 1.165) is 26.0 Å². The molecule has 0 aliphatic carbocycles. The normalized spacial score (nSPS) is 11.7. The van der Waals surface area contributed by atoms with Crippen LogP contribution < -0.4 is 29.6 Å². The van der Waals surface area contributed by atoms with Crippen molar-refractivity contribution in [3.8, 4) is 0 Å². The molecule has 0 heterocycles. The van der Waals surface area contributed by atoms with Crippen molar-refractivity contribution in [1.29, 1.82) is 0 Å². The van der Waals surface area contributed by atoms with Gasteiger partial charge in [0.1, 0.15) is 6.28 Å². The number of sulfonamides is 1. The zero-order valence-corrected chi connectivity index (χ0v) is 23.8. The quantitative estimate of drug-likeness (QED) is 0.255. The van der Waals surface area contributed by atoms with E-state index in [2.05, 4.69) is 0 Å². The van der Waals surface area contributed by atoms with Crippen molar-refractivity contribution in [2.45, 2.75) is 30.8 Å². The van der Waals surface area contributed by atoms with E-state index in [0.29, 0.717) is 19.0 Å². The molecule has 0 bridgehead atoms. The molecule has 0 saturated heterocycles. The second-order valence-electron chi connectivity index (χ2n) is 9.04. The van der Waals surface area contributed by atoms with E-state index in [4.69, 9.17) is 11.8 Å². The number of aryl methyl sites for hydroxylation is 1. The smallest absolute Gasteiger partial charge is 0.284 e. The van der Waals surface area contributed by atoms with Crippen LogP contribution in [0.5, 0.6) is 0 Å². The van der Waals surface area contributed by atoms with Gasteiger partial charge in [-0.05, 0) is 19.1 Å². The van der Waals surface area contributed by atoms with Gasteiger partial charge in [0.25, 0.3) is 0 Å². The molecule has 4 aromatic rings. The Balaban J connectivity index is 0.00000342. The molecule has 35 heavy (non-hydrogen) atoms. The van der Waals surface area contributed by atoms with Crippen molar-refractivity contribution in [2.75, 3.05) is 0 Å². The van der Waals surface area contributed by atoms with Crippen LogP contribution in [0.1, 0.15) is 22.3 Å². The van der Waals surface area contributed by atoms with E-state index in [1.807, 2.05) is 97.9 Å². The summed E-state index contributed by atoms with van der Waals surface area (Å²) in [6.07, 6.45) is -0.257. The molecule has 0 amide bonds. The first-order valence-corrected chi connectivity index (χ1v) is 13.3. The second kappa shape index (κ2) is 12.4. The molecule has 0 saturated carbocycles. The summed E-state index contributed by atoms with van der Waals surface area (Å²) < 4.78 is 28.9. The van der Waals surface area contributed by atoms with Crippen LogP contribution >= 0.6 is 11.8 Å². The summed E-state index contributed by atoms with van der Waals surface area (Å²) in [6, 6.07) is 36.9. The molecule has 0 spiro atoms. The topological polar surface area (TPSA) is 37.4 Å². The fraction of sp³-hybridized carbons (Fsp3) is 0.143. The van der Waals surface area contributed by atoms with Crippen molar-refractivity contribution < 1.29 is 38.0 Å². The van der Waals surface area contributed by atoms with Crippen molar-refractivity contribution in [1.82, 2.24) is 3.74 Å². The van der Waals surface area contributed by atoms with E-state index in [9.17, 15) is 8.42 Å². The Morgan fingerprint density at radius 3 is 1.31 bits per heavy atom. The summed E-state index contributed by atoms with van der Waals surface area (Å²) in [7, 11) is -3.95. The number of rotatable bonds is 9. The minimum Gasteiger partial charge on any atom is -0.284 e. The first-order valence-electron chi connectivity index (χ1n) is 11.5. The van der Waals surface area contributed by atoms with Crippen LogP contribution in [0.2, 0.25) is 0 Å². The Hall–Kier alpha value is -1.86. The Morgan fingerprint density at radius 2 is 0.971 bits per heavy atom. The maximum absolute atomic E-state index is 13.9. The second-order valence-corrected chi connectivity index (χ2v) is 11.4. The first-order chi connectivity index (χ1) is 16.4. The zero-order valence-electron chi connectivity index (χ0n) is 20.2. The number of halogens is 1. The average molecular weight is 512 g/mol. The van der Waals surface area contributed by atoms with Gasteiger partial charge in [0.05, 0.1) is 4.90 Å². The van der Waals surface area contributed by atoms with Gasteiger partial charge in [0.2, 0.25) is 10.0 Å². The molecule has 4 aromatic carbocycles. The third-order valence-electron chi connectivity index (χ3n) is 6.35. The van der Waals surface area contributed by atoms with Crippen LogP contribution in [0.4, 0.5) is 0 Å². The number of nitrogens with zero attached hydrogens (tertiary/aromatic N) is 1. The summed E-state index contributed by atoms with van der Waals surface area (Å²) >= 11 is 6.99. The molecule has 0 unspecified atom stereocenters. The number of benzene rings is 4. The van der Waals surface area contributed by atoms with E-state index in [-0.39, 0.29) is 34.5 Å². The first kappa shape index (κ1) is 27.7. The molecule has 174 valence electrons. The Bertz CT molecular complexity index is 1200. The fourth-order valence-electron chi connectivity index (χ4n) is 4.70. The van der Waals surface area contributed by atoms with Crippen LogP contribution in [0, 0.1) is 6.92 Å². The van der Waals surface area contributed by atoms with Gasteiger partial charge in [-0.15, -0.1) is 19.0 Å². The van der Waals surface area contributed by atoms with Gasteiger partial charge in [-0.25, -0.2) is 8.42 Å². The van der Waals surface area contributed by atoms with Crippen molar-refractivity contribution in [2.24, 2.45) is 0 Å². The van der Waals surface area contributed by atoms with Crippen molar-refractivity contribution >= 4 is 28.1 Å². The van der Waals surface area contributed by atoms with E-state index >= 15 is 0 Å². The van der Waals surface area contributed by atoms with Crippen LogP contribution in [-0.4, -0.2) is 18.4 Å². The molecule has 0 atom stereocenters. The third-order valence-corrected chi connectivity index (χ3v) is 9.09. The van der Waals surface area contributed by atoms with E-state index < -0.39 is 16.3 Å². The molecule has 0 radical (unpaired) electrons. The Morgan fingerprint density at radius 1 is 0.629 bits per heavy atom. The predicted molar refractivity (Wildman–Crippen MR) is 142 cm³/mol. The van der Waals surface area contributed by atoms with Crippen LogP contribution in [0.3, 0.4) is 0 Å². The molecule has 0 aromatic heterocycles. The number of hydrogen-bond acceptors (Lipinski definition) is 2. The van der Waals surface area contributed by atoms with E-state index in [1.54, 1.807) is 24.3 Å². The third kappa shape index (κ3) is 6.88. The van der Waals surface area contributed by atoms with Crippen molar-refractivity contribution in [3.63, 3.8) is 0 Å². The maximum Gasteiger partial charge on any atom is 1.00 e. The molecular weight excluding hydrogens is 484 g/mol. The van der Waals surface area contributed by atoms with Crippen LogP contribution in [0.25, 0.3) is 0 Å². The van der Waals surface area contributed by atoms with Gasteiger partial charge >= 0.3 is 29.6 Å². The minimum absolute atomic E-state index is 0. The van der Waals surface area contributed by atoms with Gasteiger partial charge < -0.3 is 0 Å². The summed E-state index contributed by atoms with van der Waals surface area (Å²) in [4.78, 5) is 0.202. The monoisotopic (exact) mass is 511 g/mol. The molecule has 0 aliphatic heterocycles. The van der Waals surface area contributed by atoms with Crippen LogP contribution in [0.15, 0.2) is 120 Å². The fourth-order valence-corrected chi connectivity index (χ4v) is 6.64. The SMILES string of the molecule is Cc1ccc(S(=O)(=O)N(Cl)[B-](Cc2ccccc2)(Cc2ccccc2)Cc2ccccc2)cc1.[Na+]. The van der Waals surface area contributed by atoms with Crippen LogP contribution in [-0.2, 0) is 29.0 Å². The average Bonchev–Trinajstić information content (AvgIpc) is 2.85. The Labute approximate surface area is 236 Å². The summed E-state index contributed by atoms with van der Waals surface area (Å²) in [5, 5.41) is 0. The van der Waals surface area contributed by atoms with Gasteiger partial charge in [-0.1, -0.05) is 137 Å². The molecule has 3 nitrogen and oxygen atoms in total. The largest absolute Gasteiger partial charge is 1.00 e. The maximum atomic E-state index is 13.9.